The summed E-state index contributed by atoms with van der Waals surface area (Å²) in [6.07, 6.45) is -6.81. The molecule has 3 heterocycles. The van der Waals surface area contributed by atoms with E-state index in [1.54, 1.807) is 6.92 Å². The number of anilines is 1. The maximum Gasteiger partial charge on any atom is 0.418 e. The van der Waals surface area contributed by atoms with Crippen molar-refractivity contribution in [2.24, 2.45) is 0 Å². The summed E-state index contributed by atoms with van der Waals surface area (Å²) in [5.41, 5.74) is -3.45. The largest absolute Gasteiger partial charge is 0.418 e. The van der Waals surface area contributed by atoms with Crippen molar-refractivity contribution >= 4 is 16.7 Å². The van der Waals surface area contributed by atoms with E-state index >= 15 is 0 Å². The normalized spacial score (nSPS) is 12.9. The number of hydrogen-bond acceptors (Lipinski definition) is 8. The first kappa shape index (κ1) is 25.8. The highest BCUT2D eigenvalue weighted by molar-refractivity contribution is 5.92. The lowest BCUT2D eigenvalue weighted by Crippen LogP contribution is -2.32. The van der Waals surface area contributed by atoms with Crippen LogP contribution in [-0.4, -0.2) is 43.6 Å². The van der Waals surface area contributed by atoms with Gasteiger partial charge >= 0.3 is 12.4 Å². The molecule has 1 atom stereocenters. The van der Waals surface area contributed by atoms with Crippen LogP contribution in [0, 0.1) is 11.3 Å². The highest BCUT2D eigenvalue weighted by Crippen LogP contribution is 2.42. The fourth-order valence-electron chi connectivity index (χ4n) is 3.69. The number of rotatable bonds is 6. The second-order valence-electron chi connectivity index (χ2n) is 7.72. The molecule has 0 N–H and O–H groups in total. The highest BCUT2D eigenvalue weighted by atomic mass is 19.4. The van der Waals surface area contributed by atoms with E-state index in [9.17, 15) is 26.3 Å². The molecule has 192 valence electrons. The lowest BCUT2D eigenvalue weighted by atomic mass is 10.0. The average Bonchev–Trinajstić information content (AvgIpc) is 3.35. The van der Waals surface area contributed by atoms with Gasteiger partial charge in [-0.05, 0) is 31.2 Å². The molecule has 0 radical (unpaired) electrons. The molecule has 0 aliphatic carbocycles. The summed E-state index contributed by atoms with van der Waals surface area (Å²) in [4.78, 5) is 17.3. The van der Waals surface area contributed by atoms with Gasteiger partial charge in [-0.15, -0.1) is 0 Å². The van der Waals surface area contributed by atoms with Gasteiger partial charge in [0.2, 0.25) is 0 Å². The Morgan fingerprint density at radius 2 is 1.78 bits per heavy atom. The predicted molar refractivity (Wildman–Crippen MR) is 116 cm³/mol. The standard InChI is InChI=1S/C22H16F6N8O/c1-12(19-33-10-34-36(19)17-4-3-13(7-29)8-30-17)35(11-37-2)20-15-5-14(21(23,24)25)6-16(22(26,27)28)18(15)31-9-32-20/h3-6,8-10,12H,11H2,1-2H3. The number of methoxy groups -OCH3 is 1. The third-order valence-electron chi connectivity index (χ3n) is 5.40. The van der Waals surface area contributed by atoms with Crippen molar-refractivity contribution in [2.75, 3.05) is 18.7 Å². The average molecular weight is 522 g/mol. The van der Waals surface area contributed by atoms with E-state index in [4.69, 9.17) is 10.00 Å². The van der Waals surface area contributed by atoms with E-state index < -0.39 is 40.4 Å². The zero-order valence-electron chi connectivity index (χ0n) is 19.1. The van der Waals surface area contributed by atoms with Gasteiger partial charge in [0.15, 0.2) is 11.6 Å². The first-order valence-corrected chi connectivity index (χ1v) is 10.4. The Hall–Kier alpha value is -4.32. The molecule has 0 amide bonds. The van der Waals surface area contributed by atoms with Gasteiger partial charge in [-0.1, -0.05) is 0 Å². The molecule has 37 heavy (non-hydrogen) atoms. The van der Waals surface area contributed by atoms with Crippen LogP contribution in [0.3, 0.4) is 0 Å². The number of nitriles is 1. The molecule has 15 heteroatoms. The Kier molecular flexibility index (Phi) is 6.70. The summed E-state index contributed by atoms with van der Waals surface area (Å²) in [5, 5.41) is 12.6. The van der Waals surface area contributed by atoms with Crippen molar-refractivity contribution in [2.45, 2.75) is 25.3 Å². The van der Waals surface area contributed by atoms with Crippen LogP contribution in [0.15, 0.2) is 43.1 Å². The number of fused-ring (bicyclic) bond motifs is 1. The number of alkyl halides is 6. The molecule has 0 aliphatic rings. The fourth-order valence-corrected chi connectivity index (χ4v) is 3.69. The summed E-state index contributed by atoms with van der Waals surface area (Å²) in [6.45, 7) is 1.31. The molecule has 0 spiro atoms. The fraction of sp³-hybridized carbons (Fsp3) is 0.273. The first-order chi connectivity index (χ1) is 17.5. The van der Waals surface area contributed by atoms with Crippen LogP contribution in [0.2, 0.25) is 0 Å². The van der Waals surface area contributed by atoms with Gasteiger partial charge in [-0.2, -0.15) is 41.4 Å². The van der Waals surface area contributed by atoms with Crippen LogP contribution < -0.4 is 4.90 Å². The summed E-state index contributed by atoms with van der Waals surface area (Å²) in [5.74, 6) is 0.268. The number of benzene rings is 1. The van der Waals surface area contributed by atoms with Crippen LogP contribution in [0.4, 0.5) is 32.2 Å². The monoisotopic (exact) mass is 522 g/mol. The number of ether oxygens (including phenoxy) is 1. The summed E-state index contributed by atoms with van der Waals surface area (Å²) in [6, 6.07) is 4.71. The Morgan fingerprint density at radius 1 is 1.03 bits per heavy atom. The van der Waals surface area contributed by atoms with Gasteiger partial charge in [-0.3, -0.25) is 0 Å². The van der Waals surface area contributed by atoms with Crippen molar-refractivity contribution in [3.05, 3.63) is 65.6 Å². The maximum atomic E-state index is 13.7. The lowest BCUT2D eigenvalue weighted by Gasteiger charge is -2.30. The molecule has 1 aromatic carbocycles. The number of halogens is 6. The third kappa shape index (κ3) is 5.00. The number of pyridine rings is 1. The molecule has 0 fully saturated rings. The van der Waals surface area contributed by atoms with Crippen molar-refractivity contribution < 1.29 is 31.1 Å². The van der Waals surface area contributed by atoms with Gasteiger partial charge in [0, 0.05) is 18.7 Å². The van der Waals surface area contributed by atoms with E-state index in [1.165, 1.54) is 41.3 Å². The van der Waals surface area contributed by atoms with Crippen LogP contribution in [-0.2, 0) is 17.1 Å². The smallest absolute Gasteiger partial charge is 0.364 e. The number of hydrogen-bond donors (Lipinski definition) is 0. The van der Waals surface area contributed by atoms with Crippen molar-refractivity contribution in [3.8, 4) is 11.9 Å². The quantitative estimate of drug-likeness (QED) is 0.265. The summed E-state index contributed by atoms with van der Waals surface area (Å²) in [7, 11) is 1.30. The predicted octanol–water partition coefficient (Wildman–Crippen LogP) is 4.69. The van der Waals surface area contributed by atoms with Crippen LogP contribution >= 0.6 is 0 Å². The zero-order valence-corrected chi connectivity index (χ0v) is 19.1. The van der Waals surface area contributed by atoms with Crippen molar-refractivity contribution in [3.63, 3.8) is 0 Å². The minimum Gasteiger partial charge on any atom is -0.364 e. The van der Waals surface area contributed by atoms with E-state index in [1.807, 2.05) is 6.07 Å². The van der Waals surface area contributed by atoms with Gasteiger partial charge in [0.25, 0.3) is 0 Å². The topological polar surface area (TPSA) is 106 Å². The minimum atomic E-state index is -5.11. The van der Waals surface area contributed by atoms with Crippen molar-refractivity contribution in [1.82, 2.24) is 29.7 Å². The van der Waals surface area contributed by atoms with Crippen LogP contribution in [0.5, 0.6) is 0 Å². The minimum absolute atomic E-state index is 0.0242. The second-order valence-corrected chi connectivity index (χ2v) is 7.72. The van der Waals surface area contributed by atoms with E-state index in [2.05, 4.69) is 25.0 Å². The highest BCUT2D eigenvalue weighted by Gasteiger charge is 2.39. The SMILES string of the molecule is COCN(c1ncnc2c(C(F)(F)F)cc(C(F)(F)F)cc12)C(C)c1ncnn1-c1ccc(C#N)cn1. The number of nitrogens with zero attached hydrogens (tertiary/aromatic N) is 8. The molecular weight excluding hydrogens is 506 g/mol. The zero-order chi connectivity index (χ0) is 27.0. The van der Waals surface area contributed by atoms with Crippen molar-refractivity contribution in [1.29, 1.82) is 5.26 Å². The molecule has 0 saturated carbocycles. The molecule has 4 aromatic rings. The molecule has 0 saturated heterocycles. The molecule has 0 bridgehead atoms. The van der Waals surface area contributed by atoms with Gasteiger partial charge in [-0.25, -0.2) is 19.9 Å². The summed E-state index contributed by atoms with van der Waals surface area (Å²) >= 11 is 0. The first-order valence-electron chi connectivity index (χ1n) is 10.4. The van der Waals surface area contributed by atoms with Crippen LogP contribution in [0.25, 0.3) is 16.7 Å². The third-order valence-corrected chi connectivity index (χ3v) is 5.40. The van der Waals surface area contributed by atoms with Gasteiger partial charge < -0.3 is 9.64 Å². The van der Waals surface area contributed by atoms with E-state index in [-0.39, 0.29) is 30.3 Å². The molecule has 1 unspecified atom stereocenters. The summed E-state index contributed by atoms with van der Waals surface area (Å²) < 4.78 is 88.4. The number of aromatic nitrogens is 6. The maximum absolute atomic E-state index is 13.7. The molecule has 0 aliphatic heterocycles. The second kappa shape index (κ2) is 9.62. The molecular formula is C22H16F6N8O. The van der Waals surface area contributed by atoms with E-state index in [0.717, 1.165) is 6.33 Å². The Labute approximate surface area is 205 Å². The van der Waals surface area contributed by atoms with E-state index in [0.29, 0.717) is 11.6 Å². The molecule has 9 nitrogen and oxygen atoms in total. The Bertz CT molecular complexity index is 1460. The van der Waals surface area contributed by atoms with Gasteiger partial charge in [0.05, 0.1) is 28.2 Å². The van der Waals surface area contributed by atoms with Gasteiger partial charge in [0.1, 0.15) is 31.3 Å². The Balaban J connectivity index is 1.89. The molecule has 3 aromatic heterocycles. The van der Waals surface area contributed by atoms with Crippen LogP contribution in [0.1, 0.15) is 35.5 Å². The molecule has 4 rings (SSSR count). The Morgan fingerprint density at radius 3 is 2.38 bits per heavy atom. The lowest BCUT2D eigenvalue weighted by molar-refractivity contribution is -0.142.